The number of benzene rings is 1. The van der Waals surface area contributed by atoms with Gasteiger partial charge < -0.3 is 5.32 Å². The molecule has 1 aromatic carbocycles. The Labute approximate surface area is 131 Å². The number of aryl methyl sites for hydroxylation is 1. The lowest BCUT2D eigenvalue weighted by molar-refractivity contribution is -0.119. The molecule has 0 unspecified atom stereocenters. The second-order valence-electron chi connectivity index (χ2n) is 6.37. The maximum absolute atomic E-state index is 11.5. The van der Waals surface area contributed by atoms with E-state index in [0.717, 1.165) is 24.7 Å². The molecule has 0 aromatic heterocycles. The minimum absolute atomic E-state index is 0.216. The number of nitrogens with one attached hydrogen (secondary N) is 1. The van der Waals surface area contributed by atoms with Gasteiger partial charge in [0.1, 0.15) is 0 Å². The first-order valence-corrected chi connectivity index (χ1v) is 8.27. The van der Waals surface area contributed by atoms with Gasteiger partial charge in [-0.3, -0.25) is 9.69 Å². The number of rotatable bonds is 3. The molecule has 4 heteroatoms. The van der Waals surface area contributed by atoms with E-state index in [0.29, 0.717) is 18.4 Å². The molecular formula is C17H23ClN2O. The standard InChI is InChI=1S/C17H23ClN2O/c1-12-8-15(18)6-5-13(12)11-20-7-3-2-4-16(20)14-9-17(21)19-10-14/h5-6,8,14,16H,2-4,7,9-11H2,1H3,(H,19,21)/t14-,16-/m0/s1. The van der Waals surface area contributed by atoms with Crippen molar-refractivity contribution in [3.05, 3.63) is 34.3 Å². The van der Waals surface area contributed by atoms with Crippen molar-refractivity contribution in [2.75, 3.05) is 13.1 Å². The summed E-state index contributed by atoms with van der Waals surface area (Å²) in [6.45, 7) is 5.08. The average molecular weight is 307 g/mol. The van der Waals surface area contributed by atoms with Gasteiger partial charge in [-0.15, -0.1) is 0 Å². The van der Waals surface area contributed by atoms with Gasteiger partial charge in [0.15, 0.2) is 0 Å². The third-order valence-corrected chi connectivity index (χ3v) is 5.13. The van der Waals surface area contributed by atoms with Gasteiger partial charge in [-0.05, 0) is 49.6 Å². The summed E-state index contributed by atoms with van der Waals surface area (Å²) in [6, 6.07) is 6.69. The fourth-order valence-electron chi connectivity index (χ4n) is 3.70. The predicted octanol–water partition coefficient (Wildman–Crippen LogP) is 3.14. The molecule has 2 aliphatic rings. The van der Waals surface area contributed by atoms with Crippen molar-refractivity contribution in [3.63, 3.8) is 0 Å². The van der Waals surface area contributed by atoms with Crippen LogP contribution in [-0.2, 0) is 11.3 Å². The van der Waals surface area contributed by atoms with Crippen molar-refractivity contribution in [2.24, 2.45) is 5.92 Å². The SMILES string of the molecule is Cc1cc(Cl)ccc1CN1CCCC[C@H]1[C@@H]1CNC(=O)C1. The Kier molecular flexibility index (Phi) is 4.51. The molecular weight excluding hydrogens is 284 g/mol. The fourth-order valence-corrected chi connectivity index (χ4v) is 3.93. The van der Waals surface area contributed by atoms with E-state index in [4.69, 9.17) is 11.6 Å². The quantitative estimate of drug-likeness (QED) is 0.930. The number of carbonyl (C=O) groups excluding carboxylic acids is 1. The highest BCUT2D eigenvalue weighted by atomic mass is 35.5. The molecule has 1 amide bonds. The van der Waals surface area contributed by atoms with Gasteiger partial charge in [0.2, 0.25) is 5.91 Å². The summed E-state index contributed by atoms with van der Waals surface area (Å²) in [5, 5.41) is 3.79. The van der Waals surface area contributed by atoms with Gasteiger partial charge in [-0.25, -0.2) is 0 Å². The second-order valence-corrected chi connectivity index (χ2v) is 6.81. The molecule has 21 heavy (non-hydrogen) atoms. The van der Waals surface area contributed by atoms with Gasteiger partial charge >= 0.3 is 0 Å². The topological polar surface area (TPSA) is 32.3 Å². The van der Waals surface area contributed by atoms with E-state index in [9.17, 15) is 4.79 Å². The first-order chi connectivity index (χ1) is 10.1. The van der Waals surface area contributed by atoms with Crippen LogP contribution in [-0.4, -0.2) is 29.9 Å². The second kappa shape index (κ2) is 6.37. The third kappa shape index (κ3) is 3.41. The highest BCUT2D eigenvalue weighted by Gasteiger charge is 2.34. The predicted molar refractivity (Wildman–Crippen MR) is 85.4 cm³/mol. The highest BCUT2D eigenvalue weighted by molar-refractivity contribution is 6.30. The zero-order chi connectivity index (χ0) is 14.8. The maximum atomic E-state index is 11.5. The van der Waals surface area contributed by atoms with Crippen LogP contribution >= 0.6 is 11.6 Å². The van der Waals surface area contributed by atoms with E-state index >= 15 is 0 Å². The van der Waals surface area contributed by atoms with Crippen molar-refractivity contribution >= 4 is 17.5 Å². The van der Waals surface area contributed by atoms with Crippen molar-refractivity contribution in [1.29, 1.82) is 0 Å². The summed E-state index contributed by atoms with van der Waals surface area (Å²) in [5.74, 6) is 0.693. The van der Waals surface area contributed by atoms with Crippen LogP contribution < -0.4 is 5.32 Å². The van der Waals surface area contributed by atoms with E-state index < -0.39 is 0 Å². The van der Waals surface area contributed by atoms with Crippen LogP contribution in [0.3, 0.4) is 0 Å². The normalized spacial score (nSPS) is 26.9. The zero-order valence-electron chi connectivity index (χ0n) is 12.6. The van der Waals surface area contributed by atoms with Crippen LogP contribution in [0, 0.1) is 12.8 Å². The number of amides is 1. The first kappa shape index (κ1) is 14.9. The number of nitrogens with zero attached hydrogens (tertiary/aromatic N) is 1. The Morgan fingerprint density at radius 3 is 2.95 bits per heavy atom. The molecule has 2 fully saturated rings. The molecule has 2 saturated heterocycles. The minimum atomic E-state index is 0.216. The number of halogens is 1. The van der Waals surface area contributed by atoms with Crippen LogP contribution in [0.1, 0.15) is 36.8 Å². The number of carbonyl (C=O) groups is 1. The largest absolute Gasteiger partial charge is 0.356 e. The Hall–Kier alpha value is -1.06. The summed E-state index contributed by atoms with van der Waals surface area (Å²) >= 11 is 6.05. The van der Waals surface area contributed by atoms with Gasteiger partial charge in [-0.1, -0.05) is 24.1 Å². The maximum Gasteiger partial charge on any atom is 0.220 e. The molecule has 3 nitrogen and oxygen atoms in total. The van der Waals surface area contributed by atoms with Gasteiger partial charge in [0.25, 0.3) is 0 Å². The number of hydrogen-bond acceptors (Lipinski definition) is 2. The molecule has 3 rings (SSSR count). The lowest BCUT2D eigenvalue weighted by atomic mass is 9.89. The van der Waals surface area contributed by atoms with Crippen LogP contribution in [0.4, 0.5) is 0 Å². The molecule has 2 heterocycles. The molecule has 0 spiro atoms. The minimum Gasteiger partial charge on any atom is -0.356 e. The van der Waals surface area contributed by atoms with E-state index in [1.54, 1.807) is 0 Å². The molecule has 1 aromatic rings. The molecule has 0 radical (unpaired) electrons. The number of piperidine rings is 1. The van der Waals surface area contributed by atoms with E-state index in [1.807, 2.05) is 12.1 Å². The molecule has 2 aliphatic heterocycles. The van der Waals surface area contributed by atoms with Crippen molar-refractivity contribution < 1.29 is 4.79 Å². The Balaban J connectivity index is 1.73. The van der Waals surface area contributed by atoms with E-state index in [1.165, 1.54) is 30.4 Å². The lowest BCUT2D eigenvalue weighted by Gasteiger charge is -2.39. The number of likely N-dealkylation sites (tertiary alicyclic amines) is 1. The lowest BCUT2D eigenvalue weighted by Crippen LogP contribution is -2.44. The van der Waals surface area contributed by atoms with E-state index in [-0.39, 0.29) is 5.91 Å². The smallest absolute Gasteiger partial charge is 0.220 e. The molecule has 1 N–H and O–H groups in total. The highest BCUT2D eigenvalue weighted by Crippen LogP contribution is 2.29. The Morgan fingerprint density at radius 1 is 1.38 bits per heavy atom. The third-order valence-electron chi connectivity index (χ3n) is 4.90. The first-order valence-electron chi connectivity index (χ1n) is 7.89. The summed E-state index contributed by atoms with van der Waals surface area (Å²) < 4.78 is 0. The fraction of sp³-hybridized carbons (Fsp3) is 0.588. The van der Waals surface area contributed by atoms with Gasteiger partial charge in [0.05, 0.1) is 0 Å². The number of hydrogen-bond donors (Lipinski definition) is 1. The van der Waals surface area contributed by atoms with E-state index in [2.05, 4.69) is 23.2 Å². The Bertz CT molecular complexity index is 532. The molecule has 0 saturated carbocycles. The van der Waals surface area contributed by atoms with Crippen molar-refractivity contribution in [2.45, 2.75) is 45.2 Å². The monoisotopic (exact) mass is 306 g/mol. The zero-order valence-corrected chi connectivity index (χ0v) is 13.3. The summed E-state index contributed by atoms with van der Waals surface area (Å²) in [5.41, 5.74) is 2.61. The van der Waals surface area contributed by atoms with Gasteiger partial charge in [0, 0.05) is 36.5 Å². The van der Waals surface area contributed by atoms with Crippen LogP contribution in [0.25, 0.3) is 0 Å². The van der Waals surface area contributed by atoms with Crippen LogP contribution in [0.15, 0.2) is 18.2 Å². The van der Waals surface area contributed by atoms with Crippen molar-refractivity contribution in [3.8, 4) is 0 Å². The van der Waals surface area contributed by atoms with Crippen LogP contribution in [0.5, 0.6) is 0 Å². The summed E-state index contributed by atoms with van der Waals surface area (Å²) in [4.78, 5) is 14.1. The molecule has 0 aliphatic carbocycles. The summed E-state index contributed by atoms with van der Waals surface area (Å²) in [6.07, 6.45) is 4.45. The summed E-state index contributed by atoms with van der Waals surface area (Å²) in [7, 11) is 0. The average Bonchev–Trinajstić information content (AvgIpc) is 2.89. The molecule has 0 bridgehead atoms. The molecule has 114 valence electrons. The van der Waals surface area contributed by atoms with Crippen LogP contribution in [0.2, 0.25) is 5.02 Å². The molecule has 2 atom stereocenters. The Morgan fingerprint density at radius 2 is 2.24 bits per heavy atom. The van der Waals surface area contributed by atoms with Gasteiger partial charge in [-0.2, -0.15) is 0 Å². The van der Waals surface area contributed by atoms with Crippen molar-refractivity contribution in [1.82, 2.24) is 10.2 Å².